The molecular weight excluding hydrogens is 444 g/mol. The first kappa shape index (κ1) is 23.3. The van der Waals surface area contributed by atoms with Crippen molar-refractivity contribution < 1.29 is 27.4 Å². The van der Waals surface area contributed by atoms with Crippen LogP contribution in [0.25, 0.3) is 0 Å². The van der Waals surface area contributed by atoms with Gasteiger partial charge in [-0.1, -0.05) is 29.8 Å². The number of sulfonamides is 1. The van der Waals surface area contributed by atoms with Crippen molar-refractivity contribution in [1.29, 1.82) is 0 Å². The van der Waals surface area contributed by atoms with Crippen LogP contribution in [-0.4, -0.2) is 58.7 Å². The maximum absolute atomic E-state index is 12.7. The molecule has 1 aliphatic rings. The molecular formula is C21H25ClN2O6S. The molecule has 0 aromatic heterocycles. The molecule has 3 rings (SSSR count). The van der Waals surface area contributed by atoms with Crippen LogP contribution < -0.4 is 14.8 Å². The largest absolute Gasteiger partial charge is 0.496 e. The van der Waals surface area contributed by atoms with Gasteiger partial charge in [0.05, 0.1) is 36.3 Å². The van der Waals surface area contributed by atoms with Gasteiger partial charge in [-0.15, -0.1) is 0 Å². The summed E-state index contributed by atoms with van der Waals surface area (Å²) in [6.45, 7) is 2.88. The van der Waals surface area contributed by atoms with Crippen LogP contribution >= 0.6 is 11.6 Å². The number of nitrogens with one attached hydrogen (secondary N) is 1. The lowest BCUT2D eigenvalue weighted by molar-refractivity contribution is -0.123. The van der Waals surface area contributed by atoms with E-state index in [0.717, 1.165) is 5.56 Å². The van der Waals surface area contributed by atoms with Crippen LogP contribution in [0.15, 0.2) is 47.4 Å². The maximum Gasteiger partial charge on any atom is 0.258 e. The summed E-state index contributed by atoms with van der Waals surface area (Å²) in [4.78, 5) is 12.4. The van der Waals surface area contributed by atoms with Gasteiger partial charge in [0, 0.05) is 18.7 Å². The number of amides is 1. The molecule has 2 aromatic carbocycles. The van der Waals surface area contributed by atoms with E-state index in [-0.39, 0.29) is 34.2 Å². The SMILES string of the molecule is COc1ccccc1[C@H](C)NC(=O)COc1ccc(S(=O)(=O)N2CCOCC2)cc1Cl. The monoisotopic (exact) mass is 468 g/mol. The zero-order chi connectivity index (χ0) is 22.4. The summed E-state index contributed by atoms with van der Waals surface area (Å²) in [6.07, 6.45) is 0. The molecule has 1 saturated heterocycles. The summed E-state index contributed by atoms with van der Waals surface area (Å²) < 4.78 is 42.8. The number of nitrogens with zero attached hydrogens (tertiary/aromatic N) is 1. The minimum atomic E-state index is -3.66. The first-order valence-corrected chi connectivity index (χ1v) is 11.6. The summed E-state index contributed by atoms with van der Waals surface area (Å²) in [5.74, 6) is 0.554. The van der Waals surface area contributed by atoms with Crippen molar-refractivity contribution in [3.05, 3.63) is 53.1 Å². The van der Waals surface area contributed by atoms with Crippen molar-refractivity contribution in [2.24, 2.45) is 0 Å². The number of morpholine rings is 1. The molecule has 10 heteroatoms. The van der Waals surface area contributed by atoms with Gasteiger partial charge in [0.2, 0.25) is 10.0 Å². The summed E-state index contributed by atoms with van der Waals surface area (Å²) in [5.41, 5.74) is 0.842. The Morgan fingerprint density at radius 1 is 1.19 bits per heavy atom. The first-order valence-electron chi connectivity index (χ1n) is 9.75. The van der Waals surface area contributed by atoms with Gasteiger partial charge in [-0.05, 0) is 31.2 Å². The third-order valence-electron chi connectivity index (χ3n) is 4.85. The van der Waals surface area contributed by atoms with Gasteiger partial charge in [-0.2, -0.15) is 4.31 Å². The Balaban J connectivity index is 1.61. The van der Waals surface area contributed by atoms with Gasteiger partial charge >= 0.3 is 0 Å². The summed E-state index contributed by atoms with van der Waals surface area (Å²) >= 11 is 6.22. The van der Waals surface area contributed by atoms with Gasteiger partial charge < -0.3 is 19.5 Å². The molecule has 1 aliphatic heterocycles. The Kier molecular flexibility index (Phi) is 7.77. The molecule has 0 saturated carbocycles. The summed E-state index contributed by atoms with van der Waals surface area (Å²) in [6, 6.07) is 11.3. The Morgan fingerprint density at radius 2 is 1.90 bits per heavy atom. The van der Waals surface area contributed by atoms with E-state index in [1.165, 1.54) is 22.5 Å². The predicted octanol–water partition coefficient (Wildman–Crippen LogP) is 2.63. The Bertz CT molecular complexity index is 1020. The minimum Gasteiger partial charge on any atom is -0.496 e. The maximum atomic E-state index is 12.7. The van der Waals surface area contributed by atoms with E-state index in [0.29, 0.717) is 32.1 Å². The molecule has 0 unspecified atom stereocenters. The van der Waals surface area contributed by atoms with E-state index in [4.69, 9.17) is 25.8 Å². The fourth-order valence-corrected chi connectivity index (χ4v) is 4.96. The molecule has 1 heterocycles. The number of methoxy groups -OCH3 is 1. The number of hydrogen-bond acceptors (Lipinski definition) is 6. The third kappa shape index (κ3) is 5.68. The van der Waals surface area contributed by atoms with Crippen LogP contribution in [0, 0.1) is 0 Å². The lowest BCUT2D eigenvalue weighted by atomic mass is 10.1. The van der Waals surface area contributed by atoms with Gasteiger partial charge in [0.15, 0.2) is 6.61 Å². The van der Waals surface area contributed by atoms with Crippen LogP contribution in [0.2, 0.25) is 5.02 Å². The molecule has 8 nitrogen and oxygen atoms in total. The van der Waals surface area contributed by atoms with Crippen molar-refractivity contribution in [3.8, 4) is 11.5 Å². The average molecular weight is 469 g/mol. The fourth-order valence-electron chi connectivity index (χ4n) is 3.22. The second-order valence-corrected chi connectivity index (χ2v) is 9.27. The van der Waals surface area contributed by atoms with E-state index in [9.17, 15) is 13.2 Å². The second kappa shape index (κ2) is 10.3. The molecule has 168 valence electrons. The Hall–Kier alpha value is -2.33. The minimum absolute atomic E-state index is 0.0704. The van der Waals surface area contributed by atoms with Crippen LogP contribution in [-0.2, 0) is 19.6 Å². The van der Waals surface area contributed by atoms with E-state index < -0.39 is 10.0 Å². The number of carbonyl (C=O) groups excluding carboxylic acids is 1. The Labute approximate surface area is 187 Å². The molecule has 31 heavy (non-hydrogen) atoms. The zero-order valence-electron chi connectivity index (χ0n) is 17.3. The number of benzene rings is 2. The second-order valence-electron chi connectivity index (χ2n) is 6.93. The highest BCUT2D eigenvalue weighted by Gasteiger charge is 2.27. The number of halogens is 1. The molecule has 0 spiro atoms. The van der Waals surface area contributed by atoms with Crippen molar-refractivity contribution in [1.82, 2.24) is 9.62 Å². The molecule has 0 bridgehead atoms. The van der Waals surface area contributed by atoms with Crippen LogP contribution in [0.3, 0.4) is 0 Å². The standard InChI is InChI=1S/C21H25ClN2O6S/c1-15(17-5-3-4-6-19(17)28-2)23-21(25)14-30-20-8-7-16(13-18(20)22)31(26,27)24-9-11-29-12-10-24/h3-8,13,15H,9-12,14H2,1-2H3,(H,23,25)/t15-/m0/s1. The smallest absolute Gasteiger partial charge is 0.258 e. The van der Waals surface area contributed by atoms with Crippen LogP contribution in [0.4, 0.5) is 0 Å². The molecule has 1 atom stereocenters. The molecule has 2 aromatic rings. The number of ether oxygens (including phenoxy) is 3. The van der Waals surface area contributed by atoms with Crippen LogP contribution in [0.1, 0.15) is 18.5 Å². The molecule has 0 aliphatic carbocycles. The average Bonchev–Trinajstić information content (AvgIpc) is 2.78. The molecule has 1 N–H and O–H groups in total. The lowest BCUT2D eigenvalue weighted by Gasteiger charge is -2.26. The van der Waals surface area contributed by atoms with E-state index in [1.54, 1.807) is 7.11 Å². The number of hydrogen-bond donors (Lipinski definition) is 1. The number of carbonyl (C=O) groups is 1. The number of para-hydroxylation sites is 1. The Morgan fingerprint density at radius 3 is 2.58 bits per heavy atom. The van der Waals surface area contributed by atoms with E-state index in [1.807, 2.05) is 31.2 Å². The highest BCUT2D eigenvalue weighted by molar-refractivity contribution is 7.89. The van der Waals surface area contributed by atoms with Crippen molar-refractivity contribution in [2.75, 3.05) is 40.0 Å². The molecule has 0 radical (unpaired) electrons. The normalized spacial score (nSPS) is 15.8. The molecule has 1 fully saturated rings. The van der Waals surface area contributed by atoms with Crippen LogP contribution in [0.5, 0.6) is 11.5 Å². The van der Waals surface area contributed by atoms with E-state index in [2.05, 4.69) is 5.32 Å². The zero-order valence-corrected chi connectivity index (χ0v) is 18.9. The lowest BCUT2D eigenvalue weighted by Crippen LogP contribution is -2.40. The van der Waals surface area contributed by atoms with Gasteiger partial charge in [0.1, 0.15) is 11.5 Å². The highest BCUT2D eigenvalue weighted by atomic mass is 35.5. The fraction of sp³-hybridized carbons (Fsp3) is 0.381. The van der Waals surface area contributed by atoms with Crippen molar-refractivity contribution in [3.63, 3.8) is 0 Å². The third-order valence-corrected chi connectivity index (χ3v) is 7.04. The summed E-state index contributed by atoms with van der Waals surface area (Å²) in [7, 11) is -2.09. The van der Waals surface area contributed by atoms with E-state index >= 15 is 0 Å². The predicted molar refractivity (Wildman–Crippen MR) is 116 cm³/mol. The first-order chi connectivity index (χ1) is 14.8. The summed E-state index contributed by atoms with van der Waals surface area (Å²) in [5, 5.41) is 2.95. The highest BCUT2D eigenvalue weighted by Crippen LogP contribution is 2.29. The van der Waals surface area contributed by atoms with Crippen molar-refractivity contribution >= 4 is 27.5 Å². The topological polar surface area (TPSA) is 94.2 Å². The van der Waals surface area contributed by atoms with Gasteiger partial charge in [-0.3, -0.25) is 4.79 Å². The number of rotatable bonds is 8. The van der Waals surface area contributed by atoms with Crippen molar-refractivity contribution in [2.45, 2.75) is 17.9 Å². The quantitative estimate of drug-likeness (QED) is 0.640. The van der Waals surface area contributed by atoms with Gasteiger partial charge in [-0.25, -0.2) is 8.42 Å². The van der Waals surface area contributed by atoms with Gasteiger partial charge in [0.25, 0.3) is 5.91 Å². The molecule has 1 amide bonds.